The van der Waals surface area contributed by atoms with E-state index >= 15 is 0 Å². The van der Waals surface area contributed by atoms with E-state index in [0.717, 1.165) is 24.0 Å². The Hall–Kier alpha value is -1.71. The molecule has 0 unspecified atom stereocenters. The molecule has 0 saturated carbocycles. The van der Waals surface area contributed by atoms with Gasteiger partial charge in [-0.2, -0.15) is 0 Å². The molecule has 0 heterocycles. The Morgan fingerprint density at radius 2 is 1.88 bits per heavy atom. The lowest BCUT2D eigenvalue weighted by Gasteiger charge is -2.10. The zero-order valence-electron chi connectivity index (χ0n) is 10.6. The predicted molar refractivity (Wildman–Crippen MR) is 69.5 cm³/mol. The van der Waals surface area contributed by atoms with E-state index in [0.29, 0.717) is 12.2 Å². The second-order valence-corrected chi connectivity index (χ2v) is 4.19. The third-order valence-corrected chi connectivity index (χ3v) is 2.56. The van der Waals surface area contributed by atoms with E-state index < -0.39 is 0 Å². The summed E-state index contributed by atoms with van der Waals surface area (Å²) in [5.74, 6) is 0.280. The highest BCUT2D eigenvalue weighted by molar-refractivity contribution is 5.89. The first-order valence-corrected chi connectivity index (χ1v) is 5.89. The molecule has 0 bridgehead atoms. The van der Waals surface area contributed by atoms with Crippen LogP contribution < -0.4 is 10.6 Å². The van der Waals surface area contributed by atoms with Crippen molar-refractivity contribution in [2.75, 3.05) is 11.9 Å². The van der Waals surface area contributed by atoms with Crippen molar-refractivity contribution in [3.05, 3.63) is 23.3 Å². The Morgan fingerprint density at radius 3 is 2.41 bits per heavy atom. The summed E-state index contributed by atoms with van der Waals surface area (Å²) in [6, 6.07) is 3.30. The summed E-state index contributed by atoms with van der Waals surface area (Å²) >= 11 is 0. The molecule has 1 rings (SSSR count). The first-order chi connectivity index (χ1) is 8.04. The average molecular weight is 236 g/mol. The van der Waals surface area contributed by atoms with Crippen LogP contribution in [0.3, 0.4) is 0 Å². The van der Waals surface area contributed by atoms with Crippen LogP contribution in [0.1, 0.15) is 30.9 Å². The second kappa shape index (κ2) is 6.13. The van der Waals surface area contributed by atoms with Crippen LogP contribution in [0, 0.1) is 13.8 Å². The van der Waals surface area contributed by atoms with Crippen molar-refractivity contribution >= 4 is 11.7 Å². The molecule has 4 nitrogen and oxygen atoms in total. The zero-order valence-corrected chi connectivity index (χ0v) is 10.6. The first kappa shape index (κ1) is 13.4. The van der Waals surface area contributed by atoms with Crippen molar-refractivity contribution < 1.29 is 9.90 Å². The Bertz CT molecular complexity index is 379. The summed E-state index contributed by atoms with van der Waals surface area (Å²) in [4.78, 5) is 11.5. The monoisotopic (exact) mass is 236 g/mol. The number of urea groups is 1. The quantitative estimate of drug-likeness (QED) is 0.556. The Kier molecular flexibility index (Phi) is 4.82. The molecule has 0 radical (unpaired) electrons. The number of rotatable bonds is 4. The van der Waals surface area contributed by atoms with Gasteiger partial charge in [0.25, 0.3) is 0 Å². The number of hydrogen-bond donors (Lipinski definition) is 3. The third-order valence-electron chi connectivity index (χ3n) is 2.56. The molecular formula is C13H20N2O2. The van der Waals surface area contributed by atoms with Gasteiger partial charge in [-0.1, -0.05) is 13.3 Å². The number of carbonyl (C=O) groups excluding carboxylic acids is 1. The van der Waals surface area contributed by atoms with Crippen molar-refractivity contribution in [3.63, 3.8) is 0 Å². The highest BCUT2D eigenvalue weighted by Crippen LogP contribution is 2.25. The SMILES string of the molecule is CCCCNC(=O)Nc1cc(C)c(O)c(C)c1. The van der Waals surface area contributed by atoms with Crippen LogP contribution in [0.4, 0.5) is 10.5 Å². The zero-order chi connectivity index (χ0) is 12.8. The molecule has 0 aliphatic rings. The Morgan fingerprint density at radius 1 is 1.29 bits per heavy atom. The number of unbranched alkanes of at least 4 members (excludes halogenated alkanes) is 1. The number of anilines is 1. The number of nitrogens with one attached hydrogen (secondary N) is 2. The number of phenolic OH excluding ortho intramolecular Hbond substituents is 1. The van der Waals surface area contributed by atoms with Crippen molar-refractivity contribution in [1.29, 1.82) is 0 Å². The highest BCUT2D eigenvalue weighted by Gasteiger charge is 2.05. The van der Waals surface area contributed by atoms with Gasteiger partial charge in [-0.15, -0.1) is 0 Å². The molecule has 17 heavy (non-hydrogen) atoms. The fraction of sp³-hybridized carbons (Fsp3) is 0.462. The van der Waals surface area contributed by atoms with Gasteiger partial charge < -0.3 is 15.7 Å². The molecule has 94 valence electrons. The number of benzene rings is 1. The maximum absolute atomic E-state index is 11.5. The van der Waals surface area contributed by atoms with E-state index in [9.17, 15) is 9.90 Å². The summed E-state index contributed by atoms with van der Waals surface area (Å²) in [5, 5.41) is 15.1. The molecule has 0 fully saturated rings. The van der Waals surface area contributed by atoms with Gasteiger partial charge in [0.1, 0.15) is 5.75 Å². The van der Waals surface area contributed by atoms with Gasteiger partial charge in [-0.25, -0.2) is 4.79 Å². The number of aryl methyl sites for hydroxylation is 2. The molecule has 1 aromatic rings. The number of phenols is 1. The maximum atomic E-state index is 11.5. The van der Waals surface area contributed by atoms with Crippen LogP contribution in [-0.2, 0) is 0 Å². The fourth-order valence-electron chi connectivity index (χ4n) is 1.58. The minimum absolute atomic E-state index is 0.206. The molecule has 0 atom stereocenters. The highest BCUT2D eigenvalue weighted by atomic mass is 16.3. The molecule has 4 heteroatoms. The fourth-order valence-corrected chi connectivity index (χ4v) is 1.58. The average Bonchev–Trinajstić information content (AvgIpc) is 2.26. The molecule has 0 aliphatic carbocycles. The molecule has 3 N–H and O–H groups in total. The molecule has 0 spiro atoms. The summed E-state index contributed by atoms with van der Waals surface area (Å²) in [6.45, 7) is 6.37. The van der Waals surface area contributed by atoms with E-state index in [-0.39, 0.29) is 11.8 Å². The van der Waals surface area contributed by atoms with E-state index in [2.05, 4.69) is 17.6 Å². The lowest BCUT2D eigenvalue weighted by molar-refractivity contribution is 0.252. The lowest BCUT2D eigenvalue weighted by atomic mass is 10.1. The van der Waals surface area contributed by atoms with Crippen LogP contribution in [0.15, 0.2) is 12.1 Å². The molecule has 1 aromatic carbocycles. The van der Waals surface area contributed by atoms with Gasteiger partial charge >= 0.3 is 6.03 Å². The molecule has 0 aliphatic heterocycles. The van der Waals surface area contributed by atoms with Crippen LogP contribution in [0.5, 0.6) is 5.75 Å². The van der Waals surface area contributed by atoms with Crippen LogP contribution in [0.25, 0.3) is 0 Å². The normalized spacial score (nSPS) is 10.1. The standard InChI is InChI=1S/C13H20N2O2/c1-4-5-6-14-13(17)15-11-7-9(2)12(16)10(3)8-11/h7-8,16H,4-6H2,1-3H3,(H2,14,15,17). The van der Waals surface area contributed by atoms with Crippen molar-refractivity contribution in [1.82, 2.24) is 5.32 Å². The Labute approximate surface area is 102 Å². The van der Waals surface area contributed by atoms with Gasteiger partial charge in [0.15, 0.2) is 0 Å². The largest absolute Gasteiger partial charge is 0.507 e. The molecule has 2 amide bonds. The summed E-state index contributed by atoms with van der Waals surface area (Å²) in [7, 11) is 0. The van der Waals surface area contributed by atoms with Gasteiger partial charge in [0.2, 0.25) is 0 Å². The first-order valence-electron chi connectivity index (χ1n) is 5.89. The van der Waals surface area contributed by atoms with E-state index in [1.807, 2.05) is 13.8 Å². The van der Waals surface area contributed by atoms with Crippen LogP contribution in [-0.4, -0.2) is 17.7 Å². The predicted octanol–water partition coefficient (Wildman–Crippen LogP) is 2.93. The van der Waals surface area contributed by atoms with E-state index in [4.69, 9.17) is 0 Å². The maximum Gasteiger partial charge on any atom is 0.319 e. The van der Waals surface area contributed by atoms with E-state index in [1.54, 1.807) is 12.1 Å². The number of carbonyl (C=O) groups is 1. The van der Waals surface area contributed by atoms with Crippen molar-refractivity contribution in [3.8, 4) is 5.75 Å². The minimum atomic E-state index is -0.206. The van der Waals surface area contributed by atoms with Gasteiger partial charge in [0.05, 0.1) is 0 Å². The summed E-state index contributed by atoms with van der Waals surface area (Å²) < 4.78 is 0. The Balaban J connectivity index is 2.60. The van der Waals surface area contributed by atoms with Gasteiger partial charge in [-0.05, 0) is 43.5 Å². The molecule has 0 aromatic heterocycles. The smallest absolute Gasteiger partial charge is 0.319 e. The van der Waals surface area contributed by atoms with E-state index in [1.165, 1.54) is 0 Å². The molecule has 0 saturated heterocycles. The van der Waals surface area contributed by atoms with Crippen LogP contribution in [0.2, 0.25) is 0 Å². The summed E-state index contributed by atoms with van der Waals surface area (Å²) in [5.41, 5.74) is 2.22. The minimum Gasteiger partial charge on any atom is -0.507 e. The summed E-state index contributed by atoms with van der Waals surface area (Å²) in [6.07, 6.45) is 2.03. The topological polar surface area (TPSA) is 61.4 Å². The third kappa shape index (κ3) is 3.98. The van der Waals surface area contributed by atoms with Crippen molar-refractivity contribution in [2.45, 2.75) is 33.6 Å². The van der Waals surface area contributed by atoms with Crippen LogP contribution >= 0.6 is 0 Å². The lowest BCUT2D eigenvalue weighted by Crippen LogP contribution is -2.29. The van der Waals surface area contributed by atoms with Crippen molar-refractivity contribution in [2.24, 2.45) is 0 Å². The van der Waals surface area contributed by atoms with Gasteiger partial charge in [0, 0.05) is 12.2 Å². The number of hydrogen-bond acceptors (Lipinski definition) is 2. The van der Waals surface area contributed by atoms with Gasteiger partial charge in [-0.3, -0.25) is 0 Å². The molecular weight excluding hydrogens is 216 g/mol. The second-order valence-electron chi connectivity index (χ2n) is 4.19. The number of amides is 2. The number of aromatic hydroxyl groups is 1.